The second-order valence-electron chi connectivity index (χ2n) is 5.00. The molecule has 1 nitrogen and oxygen atoms in total. The highest BCUT2D eigenvalue weighted by Gasteiger charge is 2.33. The molecule has 1 heterocycles. The van der Waals surface area contributed by atoms with Gasteiger partial charge in [0.05, 0.1) is 0 Å². The van der Waals surface area contributed by atoms with Crippen LogP contribution in [0.25, 0.3) is 10.1 Å². The van der Waals surface area contributed by atoms with Crippen LogP contribution in [0.5, 0.6) is 0 Å². The molecule has 2 atom stereocenters. The summed E-state index contributed by atoms with van der Waals surface area (Å²) in [5.41, 5.74) is 0.607. The van der Waals surface area contributed by atoms with Crippen molar-refractivity contribution in [3.8, 4) is 0 Å². The van der Waals surface area contributed by atoms with Crippen LogP contribution in [-0.2, 0) is 5.41 Å². The molecule has 0 saturated heterocycles. The lowest BCUT2D eigenvalue weighted by atomic mass is 9.77. The van der Waals surface area contributed by atoms with E-state index in [2.05, 4.69) is 48.8 Å². The number of hydrogen-bond donors (Lipinski definition) is 1. The minimum Gasteiger partial charge on any atom is -0.314 e. The van der Waals surface area contributed by atoms with Gasteiger partial charge in [0.25, 0.3) is 0 Å². The van der Waals surface area contributed by atoms with Gasteiger partial charge in [-0.15, -0.1) is 11.3 Å². The smallest absolute Gasteiger partial charge is 0.100 e. The highest BCUT2D eigenvalue weighted by molar-refractivity contribution is 7.17. The van der Waals surface area contributed by atoms with E-state index in [-0.39, 0.29) is 12.7 Å². The van der Waals surface area contributed by atoms with Crippen LogP contribution in [0.4, 0.5) is 4.39 Å². The average Bonchev–Trinajstić information content (AvgIpc) is 2.85. The van der Waals surface area contributed by atoms with Gasteiger partial charge in [-0.25, -0.2) is 0 Å². The molecule has 1 N–H and O–H groups in total. The first-order valence-electron chi connectivity index (χ1n) is 6.39. The molecular formula is C15H20FNS. The number of rotatable bonds is 5. The van der Waals surface area contributed by atoms with E-state index in [0.717, 1.165) is 12.1 Å². The van der Waals surface area contributed by atoms with Gasteiger partial charge >= 0.3 is 0 Å². The van der Waals surface area contributed by atoms with Crippen LogP contribution in [0.15, 0.2) is 29.6 Å². The van der Waals surface area contributed by atoms with Gasteiger partial charge in [-0.1, -0.05) is 19.9 Å². The van der Waals surface area contributed by atoms with Crippen molar-refractivity contribution in [1.29, 1.82) is 0 Å². The largest absolute Gasteiger partial charge is 0.314 e. The van der Waals surface area contributed by atoms with E-state index in [0.29, 0.717) is 0 Å². The van der Waals surface area contributed by atoms with Crippen molar-refractivity contribution >= 4 is 21.4 Å². The first-order valence-corrected chi connectivity index (χ1v) is 7.27. The van der Waals surface area contributed by atoms with E-state index in [1.54, 1.807) is 11.3 Å². The molecule has 2 unspecified atom stereocenters. The number of thiophene rings is 1. The third-order valence-corrected chi connectivity index (χ3v) is 4.75. The molecule has 18 heavy (non-hydrogen) atoms. The van der Waals surface area contributed by atoms with Crippen molar-refractivity contribution in [2.45, 2.75) is 32.2 Å². The summed E-state index contributed by atoms with van der Waals surface area (Å²) in [6.45, 7) is 6.61. The summed E-state index contributed by atoms with van der Waals surface area (Å²) in [5, 5.41) is 6.63. The summed E-state index contributed by atoms with van der Waals surface area (Å²) in [6, 6.07) is 8.50. The molecule has 0 bridgehead atoms. The number of hydrogen-bond acceptors (Lipinski definition) is 2. The average molecular weight is 265 g/mol. The van der Waals surface area contributed by atoms with Crippen LogP contribution in [0, 0.1) is 0 Å². The zero-order valence-corrected chi connectivity index (χ0v) is 12.0. The van der Waals surface area contributed by atoms with Gasteiger partial charge in [-0.05, 0) is 48.0 Å². The van der Waals surface area contributed by atoms with Crippen LogP contribution in [0.1, 0.15) is 26.3 Å². The Hall–Kier alpha value is -0.930. The zero-order valence-electron chi connectivity index (χ0n) is 11.2. The fraction of sp³-hybridized carbons (Fsp3) is 0.467. The molecule has 0 amide bonds. The summed E-state index contributed by atoms with van der Waals surface area (Å²) in [5.74, 6) is 0. The number of benzene rings is 1. The van der Waals surface area contributed by atoms with Gasteiger partial charge in [0.1, 0.15) is 6.67 Å². The van der Waals surface area contributed by atoms with Gasteiger partial charge in [0, 0.05) is 16.2 Å². The van der Waals surface area contributed by atoms with Crippen LogP contribution >= 0.6 is 11.3 Å². The molecule has 0 fully saturated rings. The van der Waals surface area contributed by atoms with Crippen molar-refractivity contribution in [2.75, 3.05) is 13.2 Å². The molecule has 1 aromatic carbocycles. The summed E-state index contributed by atoms with van der Waals surface area (Å²) in [4.78, 5) is 0. The monoisotopic (exact) mass is 265 g/mol. The normalized spacial score (nSPS) is 16.7. The molecule has 98 valence electrons. The SMILES string of the molecule is CCNC(C)C(C)(CF)c1ccc2sccc2c1. The first-order chi connectivity index (χ1) is 8.61. The third kappa shape index (κ3) is 2.29. The fourth-order valence-corrected chi connectivity index (χ4v) is 3.07. The van der Waals surface area contributed by atoms with Gasteiger partial charge in [-0.3, -0.25) is 4.39 Å². The Labute approximate surface area is 112 Å². The molecule has 2 rings (SSSR count). The van der Waals surface area contributed by atoms with Crippen LogP contribution in [0.3, 0.4) is 0 Å². The van der Waals surface area contributed by atoms with Crippen molar-refractivity contribution in [1.82, 2.24) is 5.32 Å². The lowest BCUT2D eigenvalue weighted by molar-refractivity contribution is 0.260. The van der Waals surface area contributed by atoms with Gasteiger partial charge in [0.15, 0.2) is 0 Å². The second-order valence-corrected chi connectivity index (χ2v) is 5.95. The molecule has 1 aromatic heterocycles. The Morgan fingerprint density at radius 1 is 1.39 bits per heavy atom. The van der Waals surface area contributed by atoms with E-state index >= 15 is 0 Å². The summed E-state index contributed by atoms with van der Waals surface area (Å²) in [6.07, 6.45) is 0. The van der Waals surface area contributed by atoms with E-state index in [1.807, 2.05) is 6.92 Å². The Bertz CT molecular complexity index is 522. The lowest BCUT2D eigenvalue weighted by Gasteiger charge is -2.34. The predicted molar refractivity (Wildman–Crippen MR) is 78.3 cm³/mol. The Balaban J connectivity index is 2.41. The van der Waals surface area contributed by atoms with Crippen molar-refractivity contribution in [3.63, 3.8) is 0 Å². The number of alkyl halides is 1. The number of nitrogens with one attached hydrogen (secondary N) is 1. The molecule has 3 heteroatoms. The maximum Gasteiger partial charge on any atom is 0.100 e. The number of fused-ring (bicyclic) bond motifs is 1. The van der Waals surface area contributed by atoms with Crippen LogP contribution < -0.4 is 5.32 Å². The Kier molecular flexibility index (Phi) is 4.03. The van der Waals surface area contributed by atoms with Crippen LogP contribution in [-0.4, -0.2) is 19.3 Å². The zero-order chi connectivity index (χ0) is 13.2. The minimum absolute atomic E-state index is 0.114. The highest BCUT2D eigenvalue weighted by Crippen LogP contribution is 2.32. The number of likely N-dealkylation sites (N-methyl/N-ethyl adjacent to an activating group) is 1. The molecule has 0 aliphatic rings. The third-order valence-electron chi connectivity index (χ3n) is 3.86. The molecule has 0 spiro atoms. The quantitative estimate of drug-likeness (QED) is 0.857. The van der Waals surface area contributed by atoms with Gasteiger partial charge in [0.2, 0.25) is 0 Å². The lowest BCUT2D eigenvalue weighted by Crippen LogP contribution is -2.46. The summed E-state index contributed by atoms with van der Waals surface area (Å²) >= 11 is 1.72. The molecule has 0 radical (unpaired) electrons. The van der Waals surface area contributed by atoms with Crippen molar-refractivity contribution in [2.24, 2.45) is 0 Å². The van der Waals surface area contributed by atoms with Crippen molar-refractivity contribution < 1.29 is 4.39 Å². The molecular weight excluding hydrogens is 245 g/mol. The maximum atomic E-state index is 13.6. The second kappa shape index (κ2) is 5.37. The highest BCUT2D eigenvalue weighted by atomic mass is 32.1. The van der Waals surface area contributed by atoms with E-state index < -0.39 is 5.41 Å². The summed E-state index contributed by atoms with van der Waals surface area (Å²) < 4.78 is 14.9. The Morgan fingerprint density at radius 3 is 2.83 bits per heavy atom. The molecule has 0 aliphatic carbocycles. The predicted octanol–water partition coefficient (Wildman–Crippen LogP) is 4.13. The fourth-order valence-electron chi connectivity index (χ4n) is 2.30. The summed E-state index contributed by atoms with van der Waals surface area (Å²) in [7, 11) is 0. The van der Waals surface area contributed by atoms with Crippen LogP contribution in [0.2, 0.25) is 0 Å². The van der Waals surface area contributed by atoms with Gasteiger partial charge < -0.3 is 5.32 Å². The van der Waals surface area contributed by atoms with E-state index in [1.165, 1.54) is 10.1 Å². The maximum absolute atomic E-state index is 13.6. The van der Waals surface area contributed by atoms with E-state index in [9.17, 15) is 4.39 Å². The standard InChI is InChI=1S/C15H20FNS/c1-4-17-11(2)15(3,10-16)13-5-6-14-12(9-13)7-8-18-14/h5-9,11,17H,4,10H2,1-3H3. The topological polar surface area (TPSA) is 12.0 Å². The van der Waals surface area contributed by atoms with Crippen molar-refractivity contribution in [3.05, 3.63) is 35.2 Å². The van der Waals surface area contributed by atoms with E-state index in [4.69, 9.17) is 0 Å². The molecule has 0 aliphatic heterocycles. The first kappa shape index (κ1) is 13.5. The molecule has 0 saturated carbocycles. The minimum atomic E-state index is -0.466. The van der Waals surface area contributed by atoms with Gasteiger partial charge in [-0.2, -0.15) is 0 Å². The molecule has 2 aromatic rings. The Morgan fingerprint density at radius 2 is 2.17 bits per heavy atom. The number of halogens is 1.